The van der Waals surface area contributed by atoms with Gasteiger partial charge in [0, 0.05) is 5.69 Å². The Labute approximate surface area is 225 Å². The second-order valence-electron chi connectivity index (χ2n) is 8.13. The summed E-state index contributed by atoms with van der Waals surface area (Å²) >= 11 is 4.52. The average molecular weight is 544 g/mol. The van der Waals surface area contributed by atoms with Crippen molar-refractivity contribution in [3.8, 4) is 0 Å². The number of thioether (sulfide) groups is 2. The lowest BCUT2D eigenvalue weighted by Crippen LogP contribution is -2.51. The van der Waals surface area contributed by atoms with Gasteiger partial charge in [-0.25, -0.2) is 5.01 Å². The number of amides is 1. The monoisotopic (exact) mass is 543 g/mol. The van der Waals surface area contributed by atoms with Gasteiger partial charge in [-0.3, -0.25) is 14.9 Å². The van der Waals surface area contributed by atoms with E-state index in [2.05, 4.69) is 0 Å². The zero-order valence-electron chi connectivity index (χ0n) is 19.2. The lowest BCUT2D eigenvalue weighted by molar-refractivity contribution is -0.114. The molecule has 1 amide bonds. The van der Waals surface area contributed by atoms with Crippen LogP contribution in [0.3, 0.4) is 0 Å². The van der Waals surface area contributed by atoms with Crippen LogP contribution in [0, 0.1) is 5.21 Å². The van der Waals surface area contributed by atoms with Crippen molar-refractivity contribution in [1.29, 1.82) is 0 Å². The van der Waals surface area contributed by atoms with Gasteiger partial charge < -0.3 is 10.4 Å². The Balaban J connectivity index is 1.52. The summed E-state index contributed by atoms with van der Waals surface area (Å²) in [5, 5.41) is 30.1. The Morgan fingerprint density at radius 3 is 2.22 bits per heavy atom. The van der Waals surface area contributed by atoms with Gasteiger partial charge in [0.1, 0.15) is 5.04 Å². The molecule has 1 aromatic heterocycles. The molecular weight excluding hydrogens is 525 g/mol. The number of hydrogen-bond acceptors (Lipinski definition) is 9. The highest BCUT2D eigenvalue weighted by Crippen LogP contribution is 2.60. The van der Waals surface area contributed by atoms with Crippen molar-refractivity contribution >= 4 is 68.9 Å². The molecule has 3 heterocycles. The van der Waals surface area contributed by atoms with Crippen LogP contribution in [0.25, 0.3) is 6.08 Å². The third-order valence-electron chi connectivity index (χ3n) is 5.79. The SMILES string of the molecule is O=C1C(=Cc2ccccc2)S[C@]2(SC(c3cccs3)=NN2c2ccc(N([O-])O)cc2)N1c1ccccc1. The van der Waals surface area contributed by atoms with Crippen LogP contribution in [0.2, 0.25) is 0 Å². The van der Waals surface area contributed by atoms with Crippen molar-refractivity contribution in [3.05, 3.63) is 123 Å². The van der Waals surface area contributed by atoms with E-state index >= 15 is 0 Å². The molecule has 1 spiro atoms. The van der Waals surface area contributed by atoms with Crippen LogP contribution in [-0.4, -0.2) is 20.5 Å². The van der Waals surface area contributed by atoms with Gasteiger partial charge in [0.2, 0.25) is 4.33 Å². The predicted octanol–water partition coefficient (Wildman–Crippen LogP) is 6.79. The number of para-hydroxylation sites is 1. The first-order chi connectivity index (χ1) is 18.0. The Bertz CT molecular complexity index is 1480. The van der Waals surface area contributed by atoms with E-state index in [-0.39, 0.29) is 16.8 Å². The Morgan fingerprint density at radius 1 is 0.865 bits per heavy atom. The van der Waals surface area contributed by atoms with Crippen LogP contribution in [0.1, 0.15) is 10.4 Å². The first kappa shape index (κ1) is 23.8. The summed E-state index contributed by atoms with van der Waals surface area (Å²) in [5.74, 6) is -0.127. The van der Waals surface area contributed by atoms with Crippen molar-refractivity contribution in [2.45, 2.75) is 4.33 Å². The highest BCUT2D eigenvalue weighted by molar-refractivity contribution is 8.28. The summed E-state index contributed by atoms with van der Waals surface area (Å²) in [7, 11) is 0. The van der Waals surface area contributed by atoms with E-state index in [1.807, 2.05) is 89.3 Å². The highest BCUT2D eigenvalue weighted by atomic mass is 32.2. The molecule has 1 atom stereocenters. The van der Waals surface area contributed by atoms with E-state index in [0.717, 1.165) is 21.2 Å². The quantitative estimate of drug-likeness (QED) is 0.219. The normalized spacial score (nSPS) is 20.2. The van der Waals surface area contributed by atoms with Crippen LogP contribution >= 0.6 is 34.9 Å². The molecule has 1 saturated heterocycles. The molecule has 0 bridgehead atoms. The molecule has 1 N–H and O–H groups in total. The molecule has 37 heavy (non-hydrogen) atoms. The minimum atomic E-state index is -0.990. The van der Waals surface area contributed by atoms with Crippen molar-refractivity contribution in [1.82, 2.24) is 0 Å². The number of hydrazone groups is 1. The minimum absolute atomic E-state index is 0.104. The second kappa shape index (κ2) is 9.73. The molecule has 0 aliphatic carbocycles. The van der Waals surface area contributed by atoms with Gasteiger partial charge in [0.15, 0.2) is 0 Å². The lowest BCUT2D eigenvalue weighted by atomic mass is 10.2. The van der Waals surface area contributed by atoms with Crippen LogP contribution in [0.4, 0.5) is 17.1 Å². The molecule has 1 fully saturated rings. The maximum absolute atomic E-state index is 14.1. The topological polar surface area (TPSA) is 82.4 Å². The Morgan fingerprint density at radius 2 is 1.57 bits per heavy atom. The largest absolute Gasteiger partial charge is 0.733 e. The van der Waals surface area contributed by atoms with E-state index in [0.29, 0.717) is 10.6 Å². The zero-order chi connectivity index (χ0) is 25.4. The van der Waals surface area contributed by atoms with Gasteiger partial charge in [-0.1, -0.05) is 66.4 Å². The fraction of sp³-hybridized carbons (Fsp3) is 0.0370. The smallest absolute Gasteiger partial charge is 0.268 e. The maximum atomic E-state index is 14.1. The number of hydrogen-bond donors (Lipinski definition) is 1. The number of carbonyl (C=O) groups is 1. The van der Waals surface area contributed by atoms with Crippen LogP contribution < -0.4 is 15.1 Å². The van der Waals surface area contributed by atoms with Crippen molar-refractivity contribution in [2.24, 2.45) is 5.10 Å². The fourth-order valence-corrected chi connectivity index (χ4v) is 7.88. The first-order valence-corrected chi connectivity index (χ1v) is 13.8. The minimum Gasteiger partial charge on any atom is -0.733 e. The lowest BCUT2D eigenvalue weighted by Gasteiger charge is -2.38. The molecule has 2 aliphatic rings. The number of nitrogens with zero attached hydrogens (tertiary/aromatic N) is 4. The maximum Gasteiger partial charge on any atom is 0.268 e. The van der Waals surface area contributed by atoms with Gasteiger partial charge in [-0.2, -0.15) is 5.10 Å². The standard InChI is InChI=1S/C27H19N4O3S3/c32-26-24(18-19-8-3-1-4-9-19)36-27(29(26)20-10-5-2-6-11-20)30(21-13-15-22(16-14-21)31(33)34)28-25(37-27)23-12-7-17-35-23/h1-18,33H/q-1/t27-/m0/s1. The van der Waals surface area contributed by atoms with E-state index in [1.54, 1.807) is 28.4 Å². The third-order valence-corrected chi connectivity index (χ3v) is 9.54. The highest BCUT2D eigenvalue weighted by Gasteiger charge is 2.59. The molecule has 3 aromatic carbocycles. The van der Waals surface area contributed by atoms with Crippen molar-refractivity contribution in [2.75, 3.05) is 15.1 Å². The number of rotatable bonds is 5. The van der Waals surface area contributed by atoms with Crippen LogP contribution in [-0.2, 0) is 4.79 Å². The molecular formula is C27H19N4O3S3-. The van der Waals surface area contributed by atoms with E-state index < -0.39 is 4.33 Å². The molecule has 4 aromatic rings. The zero-order valence-corrected chi connectivity index (χ0v) is 21.6. The summed E-state index contributed by atoms with van der Waals surface area (Å²) in [6, 6.07) is 29.8. The molecule has 2 aliphatic heterocycles. The van der Waals surface area contributed by atoms with Gasteiger partial charge in [-0.15, -0.1) is 11.3 Å². The molecule has 184 valence electrons. The summed E-state index contributed by atoms with van der Waals surface area (Å²) in [5.41, 5.74) is 2.45. The number of thiophene rings is 1. The fourth-order valence-electron chi connectivity index (χ4n) is 4.11. The van der Waals surface area contributed by atoms with E-state index in [1.165, 1.54) is 35.7 Å². The summed E-state index contributed by atoms with van der Waals surface area (Å²) in [6.07, 6.45) is 1.91. The molecule has 0 radical (unpaired) electrons. The van der Waals surface area contributed by atoms with Gasteiger partial charge in [0.05, 0.1) is 21.2 Å². The summed E-state index contributed by atoms with van der Waals surface area (Å²) < 4.78 is -0.990. The van der Waals surface area contributed by atoms with E-state index in [9.17, 15) is 15.2 Å². The summed E-state index contributed by atoms with van der Waals surface area (Å²) in [4.78, 5) is 17.4. The van der Waals surface area contributed by atoms with Gasteiger partial charge >= 0.3 is 0 Å². The van der Waals surface area contributed by atoms with E-state index in [4.69, 9.17) is 5.10 Å². The number of carbonyl (C=O) groups excluding carboxylic acids is 1. The third kappa shape index (κ3) is 4.32. The molecule has 0 unspecified atom stereocenters. The number of benzene rings is 3. The van der Waals surface area contributed by atoms with Crippen LogP contribution in [0.15, 0.2) is 112 Å². The Kier molecular flexibility index (Phi) is 6.27. The van der Waals surface area contributed by atoms with Crippen LogP contribution in [0.5, 0.6) is 0 Å². The average Bonchev–Trinajstić information content (AvgIpc) is 3.64. The number of anilines is 3. The van der Waals surface area contributed by atoms with Gasteiger partial charge in [0.25, 0.3) is 5.91 Å². The van der Waals surface area contributed by atoms with Crippen molar-refractivity contribution in [3.63, 3.8) is 0 Å². The molecule has 7 nitrogen and oxygen atoms in total. The van der Waals surface area contributed by atoms with Crippen molar-refractivity contribution < 1.29 is 10.0 Å². The Hall–Kier alpha value is -3.54. The molecule has 10 heteroatoms. The second-order valence-corrected chi connectivity index (χ2v) is 11.7. The van der Waals surface area contributed by atoms with Gasteiger partial charge in [-0.05, 0) is 71.2 Å². The first-order valence-electron chi connectivity index (χ1n) is 11.3. The predicted molar refractivity (Wildman–Crippen MR) is 154 cm³/mol. The summed E-state index contributed by atoms with van der Waals surface area (Å²) in [6.45, 7) is 0. The molecule has 6 rings (SSSR count). The molecule has 0 saturated carbocycles.